The summed E-state index contributed by atoms with van der Waals surface area (Å²) in [6, 6.07) is 26.8. The lowest BCUT2D eigenvalue weighted by Gasteiger charge is -2.11. The van der Waals surface area contributed by atoms with E-state index in [1.807, 2.05) is 78.9 Å². The zero-order valence-electron chi connectivity index (χ0n) is 15.5. The molecule has 1 amide bonds. The van der Waals surface area contributed by atoms with Gasteiger partial charge in [0.2, 0.25) is 5.91 Å². The quantitative estimate of drug-likeness (QED) is 0.619. The zero-order chi connectivity index (χ0) is 19.8. The number of carbonyl (C=O) groups excluding carboxylic acids is 1. The summed E-state index contributed by atoms with van der Waals surface area (Å²) < 4.78 is 24.6. The van der Waals surface area contributed by atoms with Gasteiger partial charge in [-0.2, -0.15) is 0 Å². The second-order valence-electron chi connectivity index (χ2n) is 6.64. The Bertz CT molecular complexity index is 1020. The molecule has 0 unspecified atom stereocenters. The lowest BCUT2D eigenvalue weighted by molar-refractivity contribution is -0.113. The highest BCUT2D eigenvalue weighted by Crippen LogP contribution is 2.27. The van der Waals surface area contributed by atoms with Crippen molar-refractivity contribution in [1.82, 2.24) is 0 Å². The molecule has 0 aromatic heterocycles. The standard InChI is InChI=1S/C23H23NO3S/c25-23(18-28(26,27)17-9-12-19-10-3-1-4-11-19)24-22-16-8-7-15-21(22)20-13-5-2-6-14-20/h1-8,10-11,13-16H,9,12,17-18H2,(H,24,25). The molecule has 3 aromatic carbocycles. The molecule has 0 heterocycles. The second kappa shape index (κ2) is 9.33. The monoisotopic (exact) mass is 393 g/mol. The molecule has 5 heteroatoms. The van der Waals surface area contributed by atoms with Crippen LogP contribution in [0.15, 0.2) is 84.9 Å². The van der Waals surface area contributed by atoms with E-state index in [9.17, 15) is 13.2 Å². The molecule has 0 saturated carbocycles. The summed E-state index contributed by atoms with van der Waals surface area (Å²) in [5.74, 6) is -1.02. The first-order chi connectivity index (χ1) is 13.5. The van der Waals surface area contributed by atoms with Crippen LogP contribution in [0.2, 0.25) is 0 Å². The van der Waals surface area contributed by atoms with Crippen LogP contribution < -0.4 is 5.32 Å². The first-order valence-electron chi connectivity index (χ1n) is 9.22. The van der Waals surface area contributed by atoms with Gasteiger partial charge in [0.15, 0.2) is 9.84 Å². The minimum atomic E-state index is -3.46. The minimum Gasteiger partial charge on any atom is -0.325 e. The van der Waals surface area contributed by atoms with Crippen LogP contribution in [0, 0.1) is 0 Å². The number of sulfone groups is 1. The Labute approximate surface area is 166 Å². The van der Waals surface area contributed by atoms with Crippen LogP contribution in [0.25, 0.3) is 11.1 Å². The SMILES string of the molecule is O=C(CS(=O)(=O)CCCc1ccccc1)Nc1ccccc1-c1ccccc1. The highest BCUT2D eigenvalue weighted by atomic mass is 32.2. The number of para-hydroxylation sites is 1. The normalized spacial score (nSPS) is 11.1. The van der Waals surface area contributed by atoms with Gasteiger partial charge in [-0.15, -0.1) is 0 Å². The number of hydrogen-bond donors (Lipinski definition) is 1. The number of anilines is 1. The average molecular weight is 394 g/mol. The number of aryl methyl sites for hydroxylation is 1. The van der Waals surface area contributed by atoms with E-state index in [0.717, 1.165) is 16.7 Å². The van der Waals surface area contributed by atoms with Gasteiger partial charge in [0, 0.05) is 11.3 Å². The molecule has 144 valence electrons. The van der Waals surface area contributed by atoms with Crippen molar-refractivity contribution in [1.29, 1.82) is 0 Å². The van der Waals surface area contributed by atoms with Gasteiger partial charge in [-0.1, -0.05) is 78.9 Å². The molecule has 0 radical (unpaired) electrons. The fraction of sp³-hybridized carbons (Fsp3) is 0.174. The Morgan fingerprint density at radius 3 is 2.11 bits per heavy atom. The maximum atomic E-state index is 12.4. The van der Waals surface area contributed by atoms with Gasteiger partial charge in [0.25, 0.3) is 0 Å². The highest BCUT2D eigenvalue weighted by Gasteiger charge is 2.17. The van der Waals surface area contributed by atoms with Crippen molar-refractivity contribution < 1.29 is 13.2 Å². The lowest BCUT2D eigenvalue weighted by Crippen LogP contribution is -2.25. The van der Waals surface area contributed by atoms with Crippen molar-refractivity contribution >= 4 is 21.4 Å². The number of amides is 1. The van der Waals surface area contributed by atoms with Gasteiger partial charge in [0.1, 0.15) is 5.75 Å². The second-order valence-corrected chi connectivity index (χ2v) is 8.83. The van der Waals surface area contributed by atoms with Crippen LogP contribution >= 0.6 is 0 Å². The predicted molar refractivity (Wildman–Crippen MR) is 114 cm³/mol. The van der Waals surface area contributed by atoms with Crippen molar-refractivity contribution in [3.8, 4) is 11.1 Å². The molecule has 3 rings (SSSR count). The Hall–Kier alpha value is -2.92. The predicted octanol–water partition coefficient (Wildman–Crippen LogP) is 4.34. The fourth-order valence-corrected chi connectivity index (χ4v) is 4.26. The third-order valence-electron chi connectivity index (χ3n) is 4.40. The molecule has 0 bridgehead atoms. The van der Waals surface area contributed by atoms with Crippen molar-refractivity contribution in [2.24, 2.45) is 0 Å². The Balaban J connectivity index is 1.59. The molecular formula is C23H23NO3S. The topological polar surface area (TPSA) is 63.2 Å². The van der Waals surface area contributed by atoms with E-state index in [1.54, 1.807) is 6.07 Å². The van der Waals surface area contributed by atoms with Crippen molar-refractivity contribution in [2.75, 3.05) is 16.8 Å². The number of rotatable bonds is 8. The zero-order valence-corrected chi connectivity index (χ0v) is 16.4. The number of nitrogens with one attached hydrogen (secondary N) is 1. The van der Waals surface area contributed by atoms with Crippen molar-refractivity contribution in [3.05, 3.63) is 90.5 Å². The number of carbonyl (C=O) groups is 1. The van der Waals surface area contributed by atoms with Crippen LogP contribution in [0.3, 0.4) is 0 Å². The first-order valence-corrected chi connectivity index (χ1v) is 11.0. The maximum absolute atomic E-state index is 12.4. The third kappa shape index (κ3) is 5.79. The van der Waals surface area contributed by atoms with Gasteiger partial charge in [-0.05, 0) is 30.0 Å². The summed E-state index contributed by atoms with van der Waals surface area (Å²) >= 11 is 0. The van der Waals surface area contributed by atoms with E-state index < -0.39 is 21.5 Å². The Morgan fingerprint density at radius 1 is 0.786 bits per heavy atom. The molecule has 0 saturated heterocycles. The third-order valence-corrected chi connectivity index (χ3v) is 6.01. The Kier molecular flexibility index (Phi) is 6.61. The summed E-state index contributed by atoms with van der Waals surface area (Å²) in [6.07, 6.45) is 1.18. The summed E-state index contributed by atoms with van der Waals surface area (Å²) in [5, 5.41) is 2.76. The molecule has 0 aliphatic heterocycles. The Morgan fingerprint density at radius 2 is 1.39 bits per heavy atom. The van der Waals surface area contributed by atoms with Gasteiger partial charge in [-0.3, -0.25) is 4.79 Å². The van der Waals surface area contributed by atoms with E-state index in [2.05, 4.69) is 5.32 Å². The van der Waals surface area contributed by atoms with Crippen LogP contribution in [-0.2, 0) is 21.1 Å². The van der Waals surface area contributed by atoms with Crippen LogP contribution in [0.1, 0.15) is 12.0 Å². The van der Waals surface area contributed by atoms with Gasteiger partial charge in [0.05, 0.1) is 5.75 Å². The molecule has 1 N–H and O–H groups in total. The maximum Gasteiger partial charge on any atom is 0.239 e. The molecule has 0 atom stereocenters. The largest absolute Gasteiger partial charge is 0.325 e. The fourth-order valence-electron chi connectivity index (χ4n) is 3.06. The van der Waals surface area contributed by atoms with Crippen LogP contribution in [0.5, 0.6) is 0 Å². The highest BCUT2D eigenvalue weighted by molar-refractivity contribution is 7.92. The average Bonchev–Trinajstić information content (AvgIpc) is 2.69. The van der Waals surface area contributed by atoms with Crippen LogP contribution in [0.4, 0.5) is 5.69 Å². The van der Waals surface area contributed by atoms with Crippen molar-refractivity contribution in [3.63, 3.8) is 0 Å². The molecule has 0 spiro atoms. The number of hydrogen-bond acceptors (Lipinski definition) is 3. The summed E-state index contributed by atoms with van der Waals surface area (Å²) in [4.78, 5) is 12.4. The van der Waals surface area contributed by atoms with E-state index >= 15 is 0 Å². The molecule has 3 aromatic rings. The molecular weight excluding hydrogens is 370 g/mol. The van der Waals surface area contributed by atoms with E-state index in [0.29, 0.717) is 18.5 Å². The molecule has 28 heavy (non-hydrogen) atoms. The van der Waals surface area contributed by atoms with Gasteiger partial charge < -0.3 is 5.32 Å². The van der Waals surface area contributed by atoms with Crippen molar-refractivity contribution in [2.45, 2.75) is 12.8 Å². The first kappa shape index (κ1) is 19.8. The van der Waals surface area contributed by atoms with E-state index in [1.165, 1.54) is 0 Å². The van der Waals surface area contributed by atoms with Gasteiger partial charge in [-0.25, -0.2) is 8.42 Å². The van der Waals surface area contributed by atoms with E-state index in [-0.39, 0.29) is 5.75 Å². The lowest BCUT2D eigenvalue weighted by atomic mass is 10.0. The minimum absolute atomic E-state index is 0.00432. The molecule has 0 aliphatic carbocycles. The molecule has 0 fully saturated rings. The summed E-state index contributed by atoms with van der Waals surface area (Å²) in [5.41, 5.74) is 3.53. The summed E-state index contributed by atoms with van der Waals surface area (Å²) in [7, 11) is -3.46. The van der Waals surface area contributed by atoms with E-state index in [4.69, 9.17) is 0 Å². The van der Waals surface area contributed by atoms with Crippen LogP contribution in [-0.4, -0.2) is 25.8 Å². The smallest absolute Gasteiger partial charge is 0.239 e. The molecule has 0 aliphatic rings. The van der Waals surface area contributed by atoms with Gasteiger partial charge >= 0.3 is 0 Å². The molecule has 4 nitrogen and oxygen atoms in total. The summed E-state index contributed by atoms with van der Waals surface area (Å²) in [6.45, 7) is 0. The number of benzene rings is 3.